The quantitative estimate of drug-likeness (QED) is 0.738. The van der Waals surface area contributed by atoms with Crippen molar-refractivity contribution in [1.82, 2.24) is 0 Å². The van der Waals surface area contributed by atoms with Crippen LogP contribution in [0, 0.1) is 6.92 Å². The molecule has 0 aliphatic heterocycles. The highest BCUT2D eigenvalue weighted by atomic mass is 79.9. The van der Waals surface area contributed by atoms with Crippen LogP contribution in [0.1, 0.15) is 21.5 Å². The zero-order chi connectivity index (χ0) is 12.4. The smallest absolute Gasteiger partial charge is 0.194 e. The van der Waals surface area contributed by atoms with Gasteiger partial charge in [0.2, 0.25) is 0 Å². The fraction of sp³-hybridized carbons (Fsp3) is 0.0714. The molecule has 0 saturated heterocycles. The van der Waals surface area contributed by atoms with E-state index in [1.807, 2.05) is 31.2 Å². The largest absolute Gasteiger partial charge is 0.289 e. The topological polar surface area (TPSA) is 17.1 Å². The highest BCUT2D eigenvalue weighted by Crippen LogP contribution is 2.22. The molecule has 0 fully saturated rings. The molecule has 0 amide bonds. The zero-order valence-electron chi connectivity index (χ0n) is 9.21. The average Bonchev–Trinajstić information content (AvgIpc) is 2.27. The van der Waals surface area contributed by atoms with Crippen LogP contribution in [-0.2, 0) is 0 Å². The maximum Gasteiger partial charge on any atom is 0.194 e. The summed E-state index contributed by atoms with van der Waals surface area (Å²) < 4.78 is 0.896. The fourth-order valence-corrected chi connectivity index (χ4v) is 2.50. The van der Waals surface area contributed by atoms with Crippen molar-refractivity contribution < 1.29 is 4.79 Å². The molecule has 17 heavy (non-hydrogen) atoms. The Morgan fingerprint density at radius 3 is 2.53 bits per heavy atom. The summed E-state index contributed by atoms with van der Waals surface area (Å²) in [5.41, 5.74) is 2.21. The van der Waals surface area contributed by atoms with Crippen molar-refractivity contribution in [3.63, 3.8) is 0 Å². The molecule has 0 unspecified atom stereocenters. The predicted octanol–water partition coefficient (Wildman–Crippen LogP) is 4.64. The second kappa shape index (κ2) is 5.03. The average molecular weight is 310 g/mol. The predicted molar refractivity (Wildman–Crippen MR) is 73.8 cm³/mol. The molecule has 0 atom stereocenters. The van der Waals surface area contributed by atoms with Crippen molar-refractivity contribution in [2.75, 3.05) is 0 Å². The van der Waals surface area contributed by atoms with E-state index in [-0.39, 0.29) is 5.78 Å². The first-order valence-electron chi connectivity index (χ1n) is 5.14. The highest BCUT2D eigenvalue weighted by Gasteiger charge is 2.12. The highest BCUT2D eigenvalue weighted by molar-refractivity contribution is 9.10. The molecule has 0 heterocycles. The molecule has 0 radical (unpaired) electrons. The molecule has 1 nitrogen and oxygen atoms in total. The minimum Gasteiger partial charge on any atom is -0.289 e. The van der Waals surface area contributed by atoms with Crippen molar-refractivity contribution >= 4 is 33.3 Å². The van der Waals surface area contributed by atoms with E-state index in [1.165, 1.54) is 0 Å². The first kappa shape index (κ1) is 12.3. The number of ketones is 1. The van der Waals surface area contributed by atoms with E-state index in [4.69, 9.17) is 11.6 Å². The van der Waals surface area contributed by atoms with Crippen molar-refractivity contribution in [2.45, 2.75) is 6.92 Å². The van der Waals surface area contributed by atoms with Crippen LogP contribution >= 0.6 is 27.5 Å². The summed E-state index contributed by atoms with van der Waals surface area (Å²) in [6.07, 6.45) is 0. The van der Waals surface area contributed by atoms with Crippen molar-refractivity contribution in [1.29, 1.82) is 0 Å². The Morgan fingerprint density at radius 2 is 1.88 bits per heavy atom. The van der Waals surface area contributed by atoms with Gasteiger partial charge >= 0.3 is 0 Å². The standard InChI is InChI=1S/C14H10BrClO/c1-9-6-10(8-11(15)7-9)14(17)12-4-2-3-5-13(12)16/h2-8H,1H3. The van der Waals surface area contributed by atoms with Gasteiger partial charge in [-0.2, -0.15) is 0 Å². The van der Waals surface area contributed by atoms with E-state index in [0.717, 1.165) is 10.0 Å². The monoisotopic (exact) mass is 308 g/mol. The summed E-state index contributed by atoms with van der Waals surface area (Å²) in [4.78, 5) is 12.3. The van der Waals surface area contributed by atoms with Gasteiger partial charge in [-0.05, 0) is 42.8 Å². The number of aryl methyl sites for hydroxylation is 1. The van der Waals surface area contributed by atoms with Gasteiger partial charge in [-0.1, -0.05) is 39.7 Å². The summed E-state index contributed by atoms with van der Waals surface area (Å²) in [7, 11) is 0. The third-order valence-electron chi connectivity index (χ3n) is 2.42. The Hall–Kier alpha value is -1.12. The van der Waals surface area contributed by atoms with Gasteiger partial charge in [0.15, 0.2) is 5.78 Å². The van der Waals surface area contributed by atoms with Crippen LogP contribution < -0.4 is 0 Å². The number of carbonyl (C=O) groups is 1. The third-order valence-corrected chi connectivity index (χ3v) is 3.21. The van der Waals surface area contributed by atoms with E-state index in [0.29, 0.717) is 16.1 Å². The van der Waals surface area contributed by atoms with Crippen molar-refractivity contribution in [3.8, 4) is 0 Å². The van der Waals surface area contributed by atoms with E-state index < -0.39 is 0 Å². The van der Waals surface area contributed by atoms with Crippen LogP contribution in [0.5, 0.6) is 0 Å². The second-order valence-electron chi connectivity index (χ2n) is 3.83. The minimum atomic E-state index is -0.0556. The summed E-state index contributed by atoms with van der Waals surface area (Å²) >= 11 is 9.40. The van der Waals surface area contributed by atoms with Gasteiger partial charge < -0.3 is 0 Å². The first-order chi connectivity index (χ1) is 8.08. The number of halogens is 2. The Morgan fingerprint density at radius 1 is 1.18 bits per heavy atom. The molecule has 0 bridgehead atoms. The molecule has 0 aliphatic rings. The molecule has 2 aromatic rings. The molecule has 3 heteroatoms. The number of hydrogen-bond acceptors (Lipinski definition) is 1. The Labute approximate surface area is 114 Å². The van der Waals surface area contributed by atoms with Crippen LogP contribution in [0.25, 0.3) is 0 Å². The lowest BCUT2D eigenvalue weighted by Crippen LogP contribution is -2.02. The number of rotatable bonds is 2. The molecule has 2 rings (SSSR count). The molecule has 0 spiro atoms. The lowest BCUT2D eigenvalue weighted by atomic mass is 10.0. The molecule has 0 aliphatic carbocycles. The van der Waals surface area contributed by atoms with E-state index in [2.05, 4.69) is 15.9 Å². The fourth-order valence-electron chi connectivity index (χ4n) is 1.67. The normalized spacial score (nSPS) is 10.3. The van der Waals surface area contributed by atoms with Gasteiger partial charge in [0.1, 0.15) is 0 Å². The lowest BCUT2D eigenvalue weighted by molar-refractivity contribution is 0.103. The van der Waals surface area contributed by atoms with Crippen LogP contribution in [0.2, 0.25) is 5.02 Å². The summed E-state index contributed by atoms with van der Waals surface area (Å²) in [6.45, 7) is 1.95. The first-order valence-corrected chi connectivity index (χ1v) is 6.31. The van der Waals surface area contributed by atoms with Gasteiger partial charge in [0.25, 0.3) is 0 Å². The molecule has 86 valence electrons. The molecule has 0 aromatic heterocycles. The van der Waals surface area contributed by atoms with E-state index in [9.17, 15) is 4.79 Å². The Balaban J connectivity index is 2.48. The third kappa shape index (κ3) is 2.76. The Bertz CT molecular complexity index is 558. The van der Waals surface area contributed by atoms with Crippen molar-refractivity contribution in [2.24, 2.45) is 0 Å². The SMILES string of the molecule is Cc1cc(Br)cc(C(=O)c2ccccc2Cl)c1. The second-order valence-corrected chi connectivity index (χ2v) is 5.15. The lowest BCUT2D eigenvalue weighted by Gasteiger charge is -2.05. The maximum atomic E-state index is 12.3. The number of hydrogen-bond donors (Lipinski definition) is 0. The molecule has 0 saturated carbocycles. The molecular weight excluding hydrogens is 300 g/mol. The van der Waals surface area contributed by atoms with E-state index >= 15 is 0 Å². The summed E-state index contributed by atoms with van der Waals surface area (Å²) in [6, 6.07) is 12.7. The number of benzene rings is 2. The van der Waals surface area contributed by atoms with Gasteiger partial charge in [-0.15, -0.1) is 0 Å². The molecule has 0 N–H and O–H groups in total. The van der Waals surface area contributed by atoms with Crippen molar-refractivity contribution in [3.05, 3.63) is 68.7 Å². The van der Waals surface area contributed by atoms with Gasteiger partial charge in [0.05, 0.1) is 5.02 Å². The van der Waals surface area contributed by atoms with E-state index in [1.54, 1.807) is 18.2 Å². The van der Waals surface area contributed by atoms with Crippen LogP contribution in [0.4, 0.5) is 0 Å². The van der Waals surface area contributed by atoms with Gasteiger partial charge in [-0.25, -0.2) is 0 Å². The number of carbonyl (C=O) groups excluding carboxylic acids is 1. The van der Waals surface area contributed by atoms with Gasteiger partial charge in [0, 0.05) is 15.6 Å². The van der Waals surface area contributed by atoms with Crippen LogP contribution in [0.15, 0.2) is 46.9 Å². The van der Waals surface area contributed by atoms with Crippen LogP contribution in [-0.4, -0.2) is 5.78 Å². The summed E-state index contributed by atoms with van der Waals surface area (Å²) in [5, 5.41) is 0.482. The molecule has 2 aromatic carbocycles. The minimum absolute atomic E-state index is 0.0556. The molecular formula is C14H10BrClO. The maximum absolute atomic E-state index is 12.3. The van der Waals surface area contributed by atoms with Gasteiger partial charge in [-0.3, -0.25) is 4.79 Å². The zero-order valence-corrected chi connectivity index (χ0v) is 11.5. The Kier molecular flexibility index (Phi) is 3.65. The van der Waals surface area contributed by atoms with Crippen LogP contribution in [0.3, 0.4) is 0 Å². The summed E-state index contributed by atoms with van der Waals surface area (Å²) in [5.74, 6) is -0.0556.